The lowest BCUT2D eigenvalue weighted by Crippen LogP contribution is -2.24. The smallest absolute Gasteiger partial charge is 0.205 e. The standard InChI is InChI=1S/C23H16Cl4N2O/c24-17-8-2-4-12(20(17)26)10-13-5-1-7-15-19(14-6-3-9-18(25)21(14)27)16(11-28)23(29)30-22(13)15/h2-4,6,8-10,19H,1,5,7,29H2/b13-10-/t19-/m0/s1. The SMILES string of the molecule is N#CC1=C(N)OC2=C(CCC/C2=C/c2cccc(Cl)c2Cl)[C@@H]1c1cccc(Cl)c1Cl. The minimum atomic E-state index is -0.413. The van der Waals surface area contributed by atoms with Crippen molar-refractivity contribution in [1.82, 2.24) is 0 Å². The van der Waals surface area contributed by atoms with Gasteiger partial charge in [0.1, 0.15) is 17.4 Å². The van der Waals surface area contributed by atoms with Gasteiger partial charge in [-0.1, -0.05) is 70.7 Å². The highest BCUT2D eigenvalue weighted by Gasteiger charge is 2.36. The summed E-state index contributed by atoms with van der Waals surface area (Å²) in [6.07, 6.45) is 4.39. The van der Waals surface area contributed by atoms with Crippen LogP contribution in [-0.4, -0.2) is 0 Å². The van der Waals surface area contributed by atoms with E-state index in [0.29, 0.717) is 31.4 Å². The van der Waals surface area contributed by atoms with Gasteiger partial charge in [-0.2, -0.15) is 5.26 Å². The Kier molecular flexibility index (Phi) is 6.04. The van der Waals surface area contributed by atoms with Crippen LogP contribution >= 0.6 is 46.4 Å². The summed E-state index contributed by atoms with van der Waals surface area (Å²) in [4.78, 5) is 0. The number of hydrogen-bond acceptors (Lipinski definition) is 3. The molecule has 1 aliphatic heterocycles. The molecule has 1 heterocycles. The molecule has 152 valence electrons. The normalized spacial score (nSPS) is 20.1. The molecular formula is C23H16Cl4N2O. The number of ether oxygens (including phenoxy) is 1. The predicted molar refractivity (Wildman–Crippen MR) is 122 cm³/mol. The topological polar surface area (TPSA) is 59.0 Å². The Morgan fingerprint density at radius 2 is 1.70 bits per heavy atom. The highest BCUT2D eigenvalue weighted by Crippen LogP contribution is 2.49. The van der Waals surface area contributed by atoms with Crippen molar-refractivity contribution in [1.29, 1.82) is 5.26 Å². The first-order valence-electron chi connectivity index (χ1n) is 9.31. The van der Waals surface area contributed by atoms with Gasteiger partial charge >= 0.3 is 0 Å². The first-order chi connectivity index (χ1) is 14.4. The number of nitrogens with two attached hydrogens (primary N) is 1. The average Bonchev–Trinajstić information content (AvgIpc) is 2.73. The summed E-state index contributed by atoms with van der Waals surface area (Å²) in [6.45, 7) is 0. The zero-order valence-corrected chi connectivity index (χ0v) is 18.7. The molecule has 1 aliphatic carbocycles. The molecule has 0 bridgehead atoms. The number of nitriles is 1. The van der Waals surface area contributed by atoms with Crippen LogP contribution in [0.5, 0.6) is 0 Å². The van der Waals surface area contributed by atoms with E-state index in [-0.39, 0.29) is 5.88 Å². The Morgan fingerprint density at radius 3 is 2.43 bits per heavy atom. The molecule has 1 atom stereocenters. The second kappa shape index (κ2) is 8.57. The van der Waals surface area contributed by atoms with Crippen LogP contribution in [0.1, 0.15) is 36.3 Å². The Morgan fingerprint density at radius 1 is 1.00 bits per heavy atom. The quantitative estimate of drug-likeness (QED) is 0.483. The van der Waals surface area contributed by atoms with E-state index in [2.05, 4.69) is 6.07 Å². The summed E-state index contributed by atoms with van der Waals surface area (Å²) in [5, 5.41) is 11.6. The van der Waals surface area contributed by atoms with Gasteiger partial charge in [-0.25, -0.2) is 0 Å². The van der Waals surface area contributed by atoms with Crippen molar-refractivity contribution in [3.63, 3.8) is 0 Å². The fraction of sp³-hybridized carbons (Fsp3) is 0.174. The van der Waals surface area contributed by atoms with Crippen LogP contribution in [0.15, 0.2) is 64.8 Å². The second-order valence-electron chi connectivity index (χ2n) is 7.09. The van der Waals surface area contributed by atoms with Crippen LogP contribution in [0.3, 0.4) is 0 Å². The number of nitrogens with zero attached hydrogens (tertiary/aromatic N) is 1. The van der Waals surface area contributed by atoms with Crippen LogP contribution in [0, 0.1) is 11.3 Å². The predicted octanol–water partition coefficient (Wildman–Crippen LogP) is 7.63. The molecule has 2 N–H and O–H groups in total. The average molecular weight is 478 g/mol. The van der Waals surface area contributed by atoms with E-state index in [1.165, 1.54) is 0 Å². The van der Waals surface area contributed by atoms with Gasteiger partial charge in [0.15, 0.2) is 0 Å². The molecule has 4 rings (SSSR count). The van der Waals surface area contributed by atoms with E-state index in [9.17, 15) is 5.26 Å². The van der Waals surface area contributed by atoms with Crippen molar-refractivity contribution in [3.8, 4) is 6.07 Å². The molecule has 0 fully saturated rings. The maximum absolute atomic E-state index is 9.80. The largest absolute Gasteiger partial charge is 0.440 e. The van der Waals surface area contributed by atoms with Crippen LogP contribution in [0.25, 0.3) is 6.08 Å². The van der Waals surface area contributed by atoms with Gasteiger partial charge in [-0.3, -0.25) is 0 Å². The van der Waals surface area contributed by atoms with Gasteiger partial charge in [0.05, 0.1) is 26.0 Å². The number of allylic oxidation sites excluding steroid dienone is 3. The lowest BCUT2D eigenvalue weighted by Gasteiger charge is -2.33. The van der Waals surface area contributed by atoms with Crippen molar-refractivity contribution in [2.45, 2.75) is 25.2 Å². The summed E-state index contributed by atoms with van der Waals surface area (Å²) in [6, 6.07) is 13.1. The third-order valence-electron chi connectivity index (χ3n) is 5.31. The van der Waals surface area contributed by atoms with Crippen LogP contribution < -0.4 is 5.73 Å². The Hall–Kier alpha value is -2.09. The van der Waals surface area contributed by atoms with Gasteiger partial charge in [-0.05, 0) is 59.7 Å². The van der Waals surface area contributed by atoms with E-state index in [1.807, 2.05) is 30.3 Å². The third-order valence-corrected chi connectivity index (χ3v) is 6.98. The van der Waals surface area contributed by atoms with E-state index < -0.39 is 5.92 Å². The molecule has 3 nitrogen and oxygen atoms in total. The van der Waals surface area contributed by atoms with E-state index in [1.54, 1.807) is 12.1 Å². The van der Waals surface area contributed by atoms with Crippen molar-refractivity contribution < 1.29 is 4.74 Å². The molecule has 0 radical (unpaired) electrons. The summed E-state index contributed by atoms with van der Waals surface area (Å²) in [5.74, 6) is 0.320. The lowest BCUT2D eigenvalue weighted by molar-refractivity contribution is 0.277. The molecule has 0 amide bonds. The van der Waals surface area contributed by atoms with Crippen LogP contribution in [0.4, 0.5) is 0 Å². The van der Waals surface area contributed by atoms with Crippen molar-refractivity contribution in [2.24, 2.45) is 5.73 Å². The molecule has 30 heavy (non-hydrogen) atoms. The van der Waals surface area contributed by atoms with E-state index in [4.69, 9.17) is 56.9 Å². The molecule has 7 heteroatoms. The summed E-state index contributed by atoms with van der Waals surface area (Å²) >= 11 is 25.3. The Balaban J connectivity index is 1.90. The lowest BCUT2D eigenvalue weighted by atomic mass is 9.77. The molecule has 0 saturated carbocycles. The molecule has 2 aliphatic rings. The molecule has 0 spiro atoms. The summed E-state index contributed by atoms with van der Waals surface area (Å²) in [7, 11) is 0. The number of hydrogen-bond donors (Lipinski definition) is 1. The van der Waals surface area contributed by atoms with Crippen molar-refractivity contribution in [3.05, 3.63) is 96.0 Å². The number of benzene rings is 2. The highest BCUT2D eigenvalue weighted by atomic mass is 35.5. The molecule has 0 unspecified atom stereocenters. The maximum Gasteiger partial charge on any atom is 0.205 e. The minimum Gasteiger partial charge on any atom is -0.440 e. The fourth-order valence-corrected chi connectivity index (χ4v) is 4.73. The van der Waals surface area contributed by atoms with E-state index in [0.717, 1.165) is 41.5 Å². The molecule has 0 aromatic heterocycles. The highest BCUT2D eigenvalue weighted by molar-refractivity contribution is 6.43. The third kappa shape index (κ3) is 3.70. The number of halogens is 4. The Bertz CT molecular complexity index is 1170. The first-order valence-corrected chi connectivity index (χ1v) is 10.8. The molecule has 2 aromatic carbocycles. The summed E-state index contributed by atoms with van der Waals surface area (Å²) in [5.41, 5.74) is 9.94. The zero-order chi connectivity index (χ0) is 21.4. The fourth-order valence-electron chi connectivity index (χ4n) is 3.95. The summed E-state index contributed by atoms with van der Waals surface area (Å²) < 4.78 is 5.96. The molecule has 0 saturated heterocycles. The van der Waals surface area contributed by atoms with Crippen molar-refractivity contribution >= 4 is 52.5 Å². The van der Waals surface area contributed by atoms with Gasteiger partial charge in [0.25, 0.3) is 0 Å². The van der Waals surface area contributed by atoms with Gasteiger partial charge < -0.3 is 10.5 Å². The monoisotopic (exact) mass is 476 g/mol. The number of rotatable bonds is 2. The first kappa shape index (κ1) is 21.2. The van der Waals surface area contributed by atoms with Gasteiger partial charge in [-0.15, -0.1) is 0 Å². The Labute approximate surface area is 194 Å². The van der Waals surface area contributed by atoms with Crippen molar-refractivity contribution in [2.75, 3.05) is 0 Å². The van der Waals surface area contributed by atoms with E-state index >= 15 is 0 Å². The van der Waals surface area contributed by atoms with Gasteiger partial charge in [0, 0.05) is 0 Å². The van der Waals surface area contributed by atoms with Crippen LogP contribution in [0.2, 0.25) is 20.1 Å². The van der Waals surface area contributed by atoms with Gasteiger partial charge in [0.2, 0.25) is 5.88 Å². The van der Waals surface area contributed by atoms with Crippen LogP contribution in [-0.2, 0) is 4.74 Å². The maximum atomic E-state index is 9.80. The minimum absolute atomic E-state index is 0.0716. The second-order valence-corrected chi connectivity index (χ2v) is 8.66. The molecule has 2 aromatic rings. The zero-order valence-electron chi connectivity index (χ0n) is 15.7. The molecular weight excluding hydrogens is 462 g/mol.